The van der Waals surface area contributed by atoms with Crippen molar-refractivity contribution in [2.24, 2.45) is 0 Å². The largest absolute Gasteiger partial charge is 0.387 e. The minimum Gasteiger partial charge on any atom is -0.387 e. The summed E-state index contributed by atoms with van der Waals surface area (Å²) in [6.45, 7) is 2.30. The molecule has 1 saturated heterocycles. The Bertz CT molecular complexity index is 646. The molecule has 0 aliphatic carbocycles. The lowest BCUT2D eigenvalue weighted by atomic mass is 10.1. The number of piperidine rings is 1. The molecule has 5 nitrogen and oxygen atoms in total. The molecule has 1 fully saturated rings. The molecule has 1 aliphatic rings. The zero-order valence-corrected chi connectivity index (χ0v) is 13.0. The van der Waals surface area contributed by atoms with Crippen LogP contribution in [0, 0.1) is 5.82 Å². The predicted octanol–water partition coefficient (Wildman–Crippen LogP) is 2.75. The molecule has 2 N–H and O–H groups in total. The summed E-state index contributed by atoms with van der Waals surface area (Å²) in [4.78, 5) is 10.8. The van der Waals surface area contributed by atoms with Crippen molar-refractivity contribution >= 4 is 11.6 Å². The van der Waals surface area contributed by atoms with Crippen LogP contribution < -0.4 is 10.2 Å². The zero-order chi connectivity index (χ0) is 16.1. The second-order valence-corrected chi connectivity index (χ2v) is 5.76. The van der Waals surface area contributed by atoms with Crippen LogP contribution in [-0.2, 0) is 0 Å². The quantitative estimate of drug-likeness (QED) is 0.888. The van der Waals surface area contributed by atoms with Crippen LogP contribution in [0.4, 0.5) is 16.0 Å². The van der Waals surface area contributed by atoms with Gasteiger partial charge in [0.05, 0.1) is 6.10 Å². The third-order valence-electron chi connectivity index (χ3n) is 4.04. The summed E-state index contributed by atoms with van der Waals surface area (Å²) in [6, 6.07) is 7.88. The predicted molar refractivity (Wildman–Crippen MR) is 87.9 cm³/mol. The van der Waals surface area contributed by atoms with E-state index in [4.69, 9.17) is 0 Å². The number of halogens is 1. The fourth-order valence-corrected chi connectivity index (χ4v) is 2.77. The number of aliphatic hydroxyl groups is 1. The third kappa shape index (κ3) is 4.16. The van der Waals surface area contributed by atoms with Gasteiger partial charge < -0.3 is 15.3 Å². The molecule has 1 aromatic carbocycles. The van der Waals surface area contributed by atoms with Gasteiger partial charge in [-0.3, -0.25) is 0 Å². The Morgan fingerprint density at radius 3 is 2.78 bits per heavy atom. The van der Waals surface area contributed by atoms with E-state index in [9.17, 15) is 9.50 Å². The maximum atomic E-state index is 13.2. The molecule has 122 valence electrons. The van der Waals surface area contributed by atoms with E-state index in [1.54, 1.807) is 12.1 Å². The van der Waals surface area contributed by atoms with E-state index in [1.807, 2.05) is 6.07 Å². The van der Waals surface area contributed by atoms with Gasteiger partial charge in [0.1, 0.15) is 23.8 Å². The van der Waals surface area contributed by atoms with E-state index in [2.05, 4.69) is 20.2 Å². The Kier molecular flexibility index (Phi) is 5.02. The molecule has 3 rings (SSSR count). The number of hydrogen-bond donors (Lipinski definition) is 2. The smallest absolute Gasteiger partial charge is 0.134 e. The lowest BCUT2D eigenvalue weighted by molar-refractivity contribution is 0.191. The first-order chi connectivity index (χ1) is 11.2. The second kappa shape index (κ2) is 7.37. The van der Waals surface area contributed by atoms with E-state index in [-0.39, 0.29) is 12.4 Å². The van der Waals surface area contributed by atoms with Gasteiger partial charge in [0.25, 0.3) is 0 Å². The molecule has 1 aromatic heterocycles. The molecule has 0 saturated carbocycles. The van der Waals surface area contributed by atoms with E-state index < -0.39 is 6.10 Å². The second-order valence-electron chi connectivity index (χ2n) is 5.76. The summed E-state index contributed by atoms with van der Waals surface area (Å²) in [7, 11) is 0. The molecule has 23 heavy (non-hydrogen) atoms. The Hall–Kier alpha value is -2.21. The molecule has 2 aromatic rings. The average Bonchev–Trinajstić information content (AvgIpc) is 2.61. The Morgan fingerprint density at radius 2 is 2.00 bits per heavy atom. The van der Waals surface area contributed by atoms with Crippen LogP contribution >= 0.6 is 0 Å². The van der Waals surface area contributed by atoms with Gasteiger partial charge in [-0.15, -0.1) is 0 Å². The van der Waals surface area contributed by atoms with Crippen molar-refractivity contribution in [3.63, 3.8) is 0 Å². The number of nitrogens with zero attached hydrogens (tertiary/aromatic N) is 3. The normalized spacial score (nSPS) is 16.2. The van der Waals surface area contributed by atoms with Crippen molar-refractivity contribution in [1.82, 2.24) is 9.97 Å². The third-order valence-corrected chi connectivity index (χ3v) is 4.04. The Labute approximate surface area is 135 Å². The van der Waals surface area contributed by atoms with Crippen LogP contribution in [0.5, 0.6) is 0 Å². The van der Waals surface area contributed by atoms with Crippen LogP contribution in [0.2, 0.25) is 0 Å². The Morgan fingerprint density at radius 1 is 1.17 bits per heavy atom. The first-order valence-electron chi connectivity index (χ1n) is 7.97. The summed E-state index contributed by atoms with van der Waals surface area (Å²) in [5.74, 6) is 1.22. The minimum absolute atomic E-state index is 0.264. The van der Waals surface area contributed by atoms with Crippen molar-refractivity contribution in [3.05, 3.63) is 48.0 Å². The summed E-state index contributed by atoms with van der Waals surface area (Å²) in [6.07, 6.45) is 4.38. The molecule has 1 aliphatic heterocycles. The fourth-order valence-electron chi connectivity index (χ4n) is 2.77. The van der Waals surface area contributed by atoms with Crippen molar-refractivity contribution < 1.29 is 9.50 Å². The first kappa shape index (κ1) is 15.7. The van der Waals surface area contributed by atoms with E-state index >= 15 is 0 Å². The van der Waals surface area contributed by atoms with Crippen molar-refractivity contribution in [1.29, 1.82) is 0 Å². The highest BCUT2D eigenvalue weighted by atomic mass is 19.1. The van der Waals surface area contributed by atoms with Gasteiger partial charge in [-0.1, -0.05) is 12.1 Å². The molecular weight excluding hydrogens is 295 g/mol. The van der Waals surface area contributed by atoms with Gasteiger partial charge in [0, 0.05) is 25.7 Å². The molecule has 0 amide bonds. The lowest BCUT2D eigenvalue weighted by Crippen LogP contribution is -2.30. The van der Waals surface area contributed by atoms with Crippen molar-refractivity contribution in [2.45, 2.75) is 25.4 Å². The maximum Gasteiger partial charge on any atom is 0.134 e. The molecule has 1 atom stereocenters. The monoisotopic (exact) mass is 316 g/mol. The van der Waals surface area contributed by atoms with Gasteiger partial charge in [0.15, 0.2) is 0 Å². The number of rotatable bonds is 5. The summed E-state index contributed by atoms with van der Waals surface area (Å²) >= 11 is 0. The van der Waals surface area contributed by atoms with Crippen molar-refractivity contribution in [2.75, 3.05) is 29.9 Å². The average molecular weight is 316 g/mol. The number of aliphatic hydroxyl groups excluding tert-OH is 1. The first-order valence-corrected chi connectivity index (χ1v) is 7.97. The molecular formula is C17H21FN4O. The molecule has 1 unspecified atom stereocenters. The highest BCUT2D eigenvalue weighted by Crippen LogP contribution is 2.20. The highest BCUT2D eigenvalue weighted by Gasteiger charge is 2.13. The summed E-state index contributed by atoms with van der Waals surface area (Å²) < 4.78 is 13.2. The topological polar surface area (TPSA) is 61.3 Å². The SMILES string of the molecule is OC(CNc1cc(N2CCCCC2)ncn1)c1cccc(F)c1. The number of nitrogens with one attached hydrogen (secondary N) is 1. The van der Waals surface area contributed by atoms with Crippen molar-refractivity contribution in [3.8, 4) is 0 Å². The van der Waals surface area contributed by atoms with E-state index in [0.717, 1.165) is 18.9 Å². The number of aromatic nitrogens is 2. The van der Waals surface area contributed by atoms with Crippen LogP contribution in [0.3, 0.4) is 0 Å². The maximum absolute atomic E-state index is 13.2. The van der Waals surface area contributed by atoms with E-state index in [1.165, 1.54) is 37.7 Å². The van der Waals surface area contributed by atoms with Crippen LogP contribution in [0.1, 0.15) is 30.9 Å². The summed E-state index contributed by atoms with van der Waals surface area (Å²) in [5.41, 5.74) is 0.544. The molecule has 0 bridgehead atoms. The van der Waals surface area contributed by atoms with Gasteiger partial charge in [-0.05, 0) is 37.0 Å². The molecule has 6 heteroatoms. The zero-order valence-electron chi connectivity index (χ0n) is 13.0. The van der Waals surface area contributed by atoms with Gasteiger partial charge in [0.2, 0.25) is 0 Å². The molecule has 0 spiro atoms. The summed E-state index contributed by atoms with van der Waals surface area (Å²) in [5, 5.41) is 13.2. The fraction of sp³-hybridized carbons (Fsp3) is 0.412. The highest BCUT2D eigenvalue weighted by molar-refractivity contribution is 5.48. The van der Waals surface area contributed by atoms with Crippen LogP contribution in [-0.4, -0.2) is 34.7 Å². The number of benzene rings is 1. The van der Waals surface area contributed by atoms with Gasteiger partial charge in [-0.25, -0.2) is 14.4 Å². The number of hydrogen-bond acceptors (Lipinski definition) is 5. The van der Waals surface area contributed by atoms with Crippen LogP contribution in [0.15, 0.2) is 36.7 Å². The van der Waals surface area contributed by atoms with Crippen LogP contribution in [0.25, 0.3) is 0 Å². The van der Waals surface area contributed by atoms with Gasteiger partial charge >= 0.3 is 0 Å². The standard InChI is InChI=1S/C17H21FN4O/c18-14-6-4-5-13(9-14)15(23)11-19-16-10-17(21-12-20-16)22-7-2-1-3-8-22/h4-6,9-10,12,15,23H,1-3,7-8,11H2,(H,19,20,21). The van der Waals surface area contributed by atoms with Gasteiger partial charge in [-0.2, -0.15) is 0 Å². The Balaban J connectivity index is 1.61. The molecule has 2 heterocycles. The van der Waals surface area contributed by atoms with E-state index in [0.29, 0.717) is 11.4 Å². The minimum atomic E-state index is -0.792. The number of anilines is 2. The molecule has 0 radical (unpaired) electrons. The lowest BCUT2D eigenvalue weighted by Gasteiger charge is -2.27.